The van der Waals surface area contributed by atoms with Crippen molar-refractivity contribution < 1.29 is 17.4 Å². The molecule has 0 amide bonds. The van der Waals surface area contributed by atoms with Crippen molar-refractivity contribution in [1.29, 1.82) is 0 Å². The predicted molar refractivity (Wildman–Crippen MR) is 98.5 cm³/mol. The van der Waals surface area contributed by atoms with Crippen molar-refractivity contribution in [2.24, 2.45) is 0 Å². The van der Waals surface area contributed by atoms with Gasteiger partial charge in [0, 0.05) is 10.8 Å². The second-order valence-electron chi connectivity index (χ2n) is 6.13. The average molecular weight is 348 g/mol. The fourth-order valence-electron chi connectivity index (χ4n) is 3.34. The molecular weight excluding hydrogens is 336 g/mol. The summed E-state index contributed by atoms with van der Waals surface area (Å²) in [7, 11) is -4.23. The maximum Gasteiger partial charge on any atom is 0.294 e. The van der Waals surface area contributed by atoms with Crippen LogP contribution in [-0.2, 0) is 10.1 Å². The molecule has 0 fully saturated rings. The van der Waals surface area contributed by atoms with Crippen molar-refractivity contribution in [3.05, 3.63) is 66.7 Å². The van der Waals surface area contributed by atoms with E-state index in [0.29, 0.717) is 0 Å². The van der Waals surface area contributed by atoms with E-state index < -0.39 is 10.1 Å². The highest BCUT2D eigenvalue weighted by atomic mass is 32.2. The van der Waals surface area contributed by atoms with Gasteiger partial charge in [-0.15, -0.1) is 0 Å². The Morgan fingerprint density at radius 1 is 0.680 bits per heavy atom. The van der Waals surface area contributed by atoms with Crippen LogP contribution >= 0.6 is 0 Å². The number of rotatable bonds is 1. The number of fused-ring (bicyclic) bond motifs is 5. The molecule has 0 saturated heterocycles. The van der Waals surface area contributed by atoms with Gasteiger partial charge < -0.3 is 4.42 Å². The van der Waals surface area contributed by atoms with Crippen LogP contribution in [0.3, 0.4) is 0 Å². The minimum Gasteiger partial charge on any atom is -0.456 e. The maximum atomic E-state index is 11.4. The molecule has 1 aromatic heterocycles. The molecule has 0 aliphatic rings. The molecule has 5 aromatic rings. The molecule has 5 rings (SSSR count). The molecule has 4 aromatic carbocycles. The SMILES string of the molecule is O=S(=O)(O)c1ccc2cc3oc4cc5ccccc5cc4c3cc2c1. The van der Waals surface area contributed by atoms with Crippen molar-refractivity contribution in [3.8, 4) is 0 Å². The lowest BCUT2D eigenvalue weighted by atomic mass is 10.0. The van der Waals surface area contributed by atoms with E-state index in [2.05, 4.69) is 6.07 Å². The molecule has 0 radical (unpaired) electrons. The third kappa shape index (κ3) is 2.21. The summed E-state index contributed by atoms with van der Waals surface area (Å²) < 4.78 is 38.0. The fraction of sp³-hybridized carbons (Fsp3) is 0. The molecule has 0 atom stereocenters. The summed E-state index contributed by atoms with van der Waals surface area (Å²) in [6.45, 7) is 0. The Kier molecular flexibility index (Phi) is 2.78. The largest absolute Gasteiger partial charge is 0.456 e. The van der Waals surface area contributed by atoms with Crippen LogP contribution < -0.4 is 0 Å². The van der Waals surface area contributed by atoms with Gasteiger partial charge in [0.1, 0.15) is 11.2 Å². The number of furan rings is 1. The van der Waals surface area contributed by atoms with Crippen molar-refractivity contribution in [3.63, 3.8) is 0 Å². The van der Waals surface area contributed by atoms with Crippen LogP contribution in [0.5, 0.6) is 0 Å². The van der Waals surface area contributed by atoms with Crippen LogP contribution in [0.2, 0.25) is 0 Å². The standard InChI is InChI=1S/C20H12O4S/c21-25(22,23)16-6-5-14-11-20-18(9-15(14)7-16)17-8-12-3-1-2-4-13(12)10-19(17)24-20/h1-11H,(H,21,22,23). The van der Waals surface area contributed by atoms with Crippen molar-refractivity contribution in [2.45, 2.75) is 4.90 Å². The lowest BCUT2D eigenvalue weighted by Gasteiger charge is -2.01. The van der Waals surface area contributed by atoms with E-state index in [1.54, 1.807) is 6.07 Å². The lowest BCUT2D eigenvalue weighted by Crippen LogP contribution is -1.97. The zero-order valence-electron chi connectivity index (χ0n) is 12.9. The molecule has 0 aliphatic carbocycles. The molecule has 122 valence electrons. The summed E-state index contributed by atoms with van der Waals surface area (Å²) in [5, 5.41) is 5.70. The van der Waals surface area contributed by atoms with E-state index in [-0.39, 0.29) is 4.90 Å². The zero-order valence-corrected chi connectivity index (χ0v) is 13.7. The van der Waals surface area contributed by atoms with Crippen LogP contribution in [-0.4, -0.2) is 13.0 Å². The zero-order chi connectivity index (χ0) is 17.2. The quantitative estimate of drug-likeness (QED) is 0.426. The molecule has 0 bridgehead atoms. The Morgan fingerprint density at radius 2 is 1.24 bits per heavy atom. The first-order valence-corrected chi connectivity index (χ1v) is 9.19. The van der Waals surface area contributed by atoms with E-state index in [4.69, 9.17) is 4.42 Å². The molecule has 0 aliphatic heterocycles. The van der Waals surface area contributed by atoms with Gasteiger partial charge in [-0.1, -0.05) is 30.3 Å². The van der Waals surface area contributed by atoms with Gasteiger partial charge in [-0.3, -0.25) is 4.55 Å². The Morgan fingerprint density at radius 3 is 1.88 bits per heavy atom. The molecule has 25 heavy (non-hydrogen) atoms. The van der Waals surface area contributed by atoms with Crippen LogP contribution in [0.4, 0.5) is 0 Å². The van der Waals surface area contributed by atoms with Crippen LogP contribution in [0, 0.1) is 0 Å². The van der Waals surface area contributed by atoms with Gasteiger partial charge in [-0.2, -0.15) is 8.42 Å². The molecule has 4 nitrogen and oxygen atoms in total. The van der Waals surface area contributed by atoms with Crippen LogP contribution in [0.15, 0.2) is 76.0 Å². The Bertz CT molecular complexity index is 1410. The first-order chi connectivity index (χ1) is 12.0. The van der Waals surface area contributed by atoms with Gasteiger partial charge in [0.15, 0.2) is 0 Å². The topological polar surface area (TPSA) is 67.5 Å². The van der Waals surface area contributed by atoms with E-state index in [0.717, 1.165) is 43.5 Å². The highest BCUT2D eigenvalue weighted by Gasteiger charge is 2.13. The third-order valence-corrected chi connectivity index (χ3v) is 5.42. The summed E-state index contributed by atoms with van der Waals surface area (Å²) in [5.41, 5.74) is 1.54. The molecule has 0 unspecified atom stereocenters. The highest BCUT2D eigenvalue weighted by molar-refractivity contribution is 7.85. The summed E-state index contributed by atoms with van der Waals surface area (Å²) >= 11 is 0. The third-order valence-electron chi connectivity index (χ3n) is 4.57. The van der Waals surface area contributed by atoms with Gasteiger partial charge >= 0.3 is 0 Å². The average Bonchev–Trinajstić information content (AvgIpc) is 2.92. The molecule has 0 spiro atoms. The molecule has 0 saturated carbocycles. The van der Waals surface area contributed by atoms with Gasteiger partial charge in [-0.05, 0) is 57.9 Å². The van der Waals surface area contributed by atoms with E-state index in [1.807, 2.05) is 42.5 Å². The van der Waals surface area contributed by atoms with Crippen molar-refractivity contribution in [2.75, 3.05) is 0 Å². The summed E-state index contributed by atoms with van der Waals surface area (Å²) in [6, 6.07) is 20.5. The minimum absolute atomic E-state index is 0.113. The molecule has 1 heterocycles. The Hall–Kier alpha value is -2.89. The summed E-state index contributed by atoms with van der Waals surface area (Å²) in [4.78, 5) is -0.113. The van der Waals surface area contributed by atoms with Gasteiger partial charge in [0.05, 0.1) is 4.90 Å². The van der Waals surface area contributed by atoms with Gasteiger partial charge in [0.2, 0.25) is 0 Å². The van der Waals surface area contributed by atoms with Crippen molar-refractivity contribution in [1.82, 2.24) is 0 Å². The van der Waals surface area contributed by atoms with Crippen molar-refractivity contribution >= 4 is 53.6 Å². The first-order valence-electron chi connectivity index (χ1n) is 7.75. The smallest absolute Gasteiger partial charge is 0.294 e. The maximum absolute atomic E-state index is 11.4. The first kappa shape index (κ1) is 14.5. The van der Waals surface area contributed by atoms with Crippen LogP contribution in [0.1, 0.15) is 0 Å². The second-order valence-corrected chi connectivity index (χ2v) is 7.55. The Balaban J connectivity index is 1.90. The highest BCUT2D eigenvalue weighted by Crippen LogP contribution is 2.35. The van der Waals surface area contributed by atoms with Crippen LogP contribution in [0.25, 0.3) is 43.5 Å². The molecule has 5 heteroatoms. The number of benzene rings is 4. The van der Waals surface area contributed by atoms with E-state index in [9.17, 15) is 13.0 Å². The second kappa shape index (κ2) is 4.81. The van der Waals surface area contributed by atoms with E-state index >= 15 is 0 Å². The molecular formula is C20H12O4S. The molecule has 1 N–H and O–H groups in total. The Labute approximate surface area is 143 Å². The van der Waals surface area contributed by atoms with E-state index in [1.165, 1.54) is 12.1 Å². The fourth-order valence-corrected chi connectivity index (χ4v) is 3.86. The normalized spacial score (nSPS) is 12.5. The number of hydrogen-bond donors (Lipinski definition) is 1. The van der Waals surface area contributed by atoms with Gasteiger partial charge in [-0.25, -0.2) is 0 Å². The monoisotopic (exact) mass is 348 g/mol. The minimum atomic E-state index is -4.23. The lowest BCUT2D eigenvalue weighted by molar-refractivity contribution is 0.483. The summed E-state index contributed by atoms with van der Waals surface area (Å²) in [5.74, 6) is 0. The van der Waals surface area contributed by atoms with Gasteiger partial charge in [0.25, 0.3) is 10.1 Å². The summed E-state index contributed by atoms with van der Waals surface area (Å²) in [6.07, 6.45) is 0. The number of hydrogen-bond acceptors (Lipinski definition) is 3. The predicted octanol–water partition coefficient (Wildman–Crippen LogP) is 5.14.